The topological polar surface area (TPSA) is 86.7 Å². The van der Waals surface area contributed by atoms with Crippen LogP contribution in [0.4, 0.5) is 0 Å². The second kappa shape index (κ2) is 8.97. The fourth-order valence-electron chi connectivity index (χ4n) is 4.11. The molecule has 0 saturated carbocycles. The predicted molar refractivity (Wildman–Crippen MR) is 112 cm³/mol. The van der Waals surface area contributed by atoms with Gasteiger partial charge in [0.05, 0.1) is 5.69 Å². The molecule has 2 aromatic heterocycles. The van der Waals surface area contributed by atoms with E-state index in [1.165, 1.54) is 5.56 Å². The first-order valence-electron chi connectivity index (χ1n) is 10.8. The minimum Gasteiger partial charge on any atom is -0.352 e. The van der Waals surface area contributed by atoms with Gasteiger partial charge in [-0.05, 0) is 51.0 Å². The fraction of sp³-hybridized carbons (Fsp3) is 0.714. The number of nitrogens with one attached hydrogen (secondary N) is 1. The molecule has 1 unspecified atom stereocenters. The minimum atomic E-state index is -0.0304. The van der Waals surface area contributed by atoms with Gasteiger partial charge in [-0.1, -0.05) is 20.8 Å². The van der Waals surface area contributed by atoms with Crippen molar-refractivity contribution >= 4 is 5.91 Å². The van der Waals surface area contributed by atoms with Crippen molar-refractivity contribution in [1.82, 2.24) is 29.4 Å². The second-order valence-corrected chi connectivity index (χ2v) is 8.51. The average molecular weight is 403 g/mol. The Kier molecular flexibility index (Phi) is 6.59. The van der Waals surface area contributed by atoms with E-state index in [-0.39, 0.29) is 24.2 Å². The largest absolute Gasteiger partial charge is 0.352 e. The lowest BCUT2D eigenvalue weighted by Gasteiger charge is -2.16. The molecule has 29 heavy (non-hydrogen) atoms. The molecule has 1 N–H and O–H groups in total. The average Bonchev–Trinajstić information content (AvgIpc) is 3.01. The second-order valence-electron chi connectivity index (χ2n) is 8.51. The van der Waals surface area contributed by atoms with Crippen molar-refractivity contribution in [2.45, 2.75) is 92.4 Å². The van der Waals surface area contributed by atoms with E-state index in [1.54, 1.807) is 13.9 Å². The van der Waals surface area contributed by atoms with Gasteiger partial charge in [-0.3, -0.25) is 14.0 Å². The van der Waals surface area contributed by atoms with Crippen LogP contribution in [0.2, 0.25) is 0 Å². The molecule has 0 spiro atoms. The molecule has 0 radical (unpaired) electrons. The van der Waals surface area contributed by atoms with Crippen molar-refractivity contribution in [3.05, 3.63) is 33.3 Å². The Bertz CT molecular complexity index is 920. The number of fused-ring (bicyclic) bond motifs is 1. The van der Waals surface area contributed by atoms with Crippen LogP contribution < -0.4 is 11.0 Å². The van der Waals surface area contributed by atoms with Crippen molar-refractivity contribution in [2.24, 2.45) is 5.92 Å². The lowest BCUT2D eigenvalue weighted by molar-refractivity contribution is -0.122. The zero-order valence-electron chi connectivity index (χ0n) is 18.4. The smallest absolute Gasteiger partial charge is 0.345 e. The Morgan fingerprint density at radius 1 is 1.21 bits per heavy atom. The number of hydrogen-bond acceptors (Lipinski definition) is 4. The Balaban J connectivity index is 1.59. The SMILES string of the molecule is CCc1c(C)nn(CC(=O)NC2CCc3nn(CCC(C)C)c(=O)n3CC2)c1C. The number of amides is 1. The number of carbonyl (C=O) groups is 1. The molecule has 0 fully saturated rings. The van der Waals surface area contributed by atoms with Crippen LogP contribution in [0.25, 0.3) is 0 Å². The first-order chi connectivity index (χ1) is 13.8. The number of rotatable bonds is 7. The molecule has 0 aromatic carbocycles. The maximum atomic E-state index is 12.6. The molecule has 1 aliphatic rings. The van der Waals surface area contributed by atoms with E-state index < -0.39 is 0 Å². The number of hydrogen-bond donors (Lipinski definition) is 1. The van der Waals surface area contributed by atoms with Crippen molar-refractivity contribution < 1.29 is 4.79 Å². The predicted octanol–water partition coefficient (Wildman–Crippen LogP) is 1.99. The van der Waals surface area contributed by atoms with Gasteiger partial charge >= 0.3 is 5.69 Å². The zero-order valence-corrected chi connectivity index (χ0v) is 18.4. The van der Waals surface area contributed by atoms with Crippen LogP contribution in [0.15, 0.2) is 4.79 Å². The molecular formula is C21H34N6O2. The Morgan fingerprint density at radius 3 is 2.62 bits per heavy atom. The quantitative estimate of drug-likeness (QED) is 0.767. The molecule has 8 nitrogen and oxygen atoms in total. The summed E-state index contributed by atoms with van der Waals surface area (Å²) in [5.74, 6) is 1.34. The monoisotopic (exact) mass is 402 g/mol. The van der Waals surface area contributed by atoms with Crippen molar-refractivity contribution in [2.75, 3.05) is 0 Å². The van der Waals surface area contributed by atoms with E-state index in [2.05, 4.69) is 36.3 Å². The van der Waals surface area contributed by atoms with E-state index in [0.29, 0.717) is 25.4 Å². The number of aryl methyl sites for hydroxylation is 3. The molecule has 1 atom stereocenters. The third-order valence-corrected chi connectivity index (χ3v) is 5.88. The highest BCUT2D eigenvalue weighted by atomic mass is 16.2. The van der Waals surface area contributed by atoms with Crippen LogP contribution in [0, 0.1) is 19.8 Å². The Morgan fingerprint density at radius 2 is 1.97 bits per heavy atom. The maximum absolute atomic E-state index is 12.6. The summed E-state index contributed by atoms with van der Waals surface area (Å²) in [5.41, 5.74) is 3.24. The molecule has 0 bridgehead atoms. The first-order valence-corrected chi connectivity index (χ1v) is 10.8. The number of carbonyl (C=O) groups excluding carboxylic acids is 1. The molecule has 2 aromatic rings. The zero-order chi connectivity index (χ0) is 21.1. The fourth-order valence-corrected chi connectivity index (χ4v) is 4.11. The van der Waals surface area contributed by atoms with Crippen LogP contribution in [0.3, 0.4) is 0 Å². The van der Waals surface area contributed by atoms with Gasteiger partial charge in [0, 0.05) is 31.2 Å². The highest BCUT2D eigenvalue weighted by Crippen LogP contribution is 2.15. The molecule has 3 rings (SSSR count). The van der Waals surface area contributed by atoms with Crippen molar-refractivity contribution in [3.63, 3.8) is 0 Å². The summed E-state index contributed by atoms with van der Waals surface area (Å²) in [7, 11) is 0. The number of nitrogens with zero attached hydrogens (tertiary/aromatic N) is 5. The summed E-state index contributed by atoms with van der Waals surface area (Å²) in [6, 6.07) is 0.0512. The molecular weight excluding hydrogens is 368 g/mol. The van der Waals surface area contributed by atoms with E-state index in [0.717, 1.165) is 42.9 Å². The van der Waals surface area contributed by atoms with E-state index in [9.17, 15) is 9.59 Å². The molecule has 1 amide bonds. The molecule has 0 aliphatic carbocycles. The highest BCUT2D eigenvalue weighted by Gasteiger charge is 2.22. The molecule has 1 aliphatic heterocycles. The van der Waals surface area contributed by atoms with Crippen LogP contribution in [0.5, 0.6) is 0 Å². The maximum Gasteiger partial charge on any atom is 0.345 e. The van der Waals surface area contributed by atoms with Gasteiger partial charge in [0.1, 0.15) is 12.4 Å². The molecule has 0 saturated heterocycles. The Hall–Kier alpha value is -2.38. The van der Waals surface area contributed by atoms with Gasteiger partial charge in [0.25, 0.3) is 0 Å². The number of aromatic nitrogens is 5. The third-order valence-electron chi connectivity index (χ3n) is 5.88. The van der Waals surface area contributed by atoms with Gasteiger partial charge in [0.15, 0.2) is 0 Å². The van der Waals surface area contributed by atoms with Gasteiger partial charge in [-0.25, -0.2) is 9.48 Å². The lowest BCUT2D eigenvalue weighted by Crippen LogP contribution is -2.38. The molecule has 160 valence electrons. The summed E-state index contributed by atoms with van der Waals surface area (Å²) in [6.07, 6.45) is 4.10. The third kappa shape index (κ3) is 4.79. The standard InChI is InChI=1S/C21H34N6O2/c1-6-18-15(4)23-27(16(18)5)13-20(28)22-17-7-8-19-24-26(12-9-14(2)3)21(29)25(19)11-10-17/h14,17H,6-13H2,1-5H3,(H,22,28). The summed E-state index contributed by atoms with van der Waals surface area (Å²) < 4.78 is 5.17. The van der Waals surface area contributed by atoms with E-state index in [1.807, 2.05) is 13.8 Å². The molecule has 8 heteroatoms. The van der Waals surface area contributed by atoms with E-state index >= 15 is 0 Å². The lowest BCUT2D eigenvalue weighted by atomic mass is 10.1. The van der Waals surface area contributed by atoms with Gasteiger partial charge < -0.3 is 5.32 Å². The summed E-state index contributed by atoms with van der Waals surface area (Å²) in [5, 5.41) is 12.2. The van der Waals surface area contributed by atoms with Crippen LogP contribution in [-0.4, -0.2) is 36.1 Å². The molecule has 3 heterocycles. The van der Waals surface area contributed by atoms with Crippen LogP contribution in [-0.2, 0) is 37.3 Å². The van der Waals surface area contributed by atoms with Crippen molar-refractivity contribution in [1.29, 1.82) is 0 Å². The normalized spacial score (nSPS) is 16.7. The minimum absolute atomic E-state index is 0.0256. The van der Waals surface area contributed by atoms with Crippen LogP contribution >= 0.6 is 0 Å². The van der Waals surface area contributed by atoms with E-state index in [4.69, 9.17) is 0 Å². The van der Waals surface area contributed by atoms with Gasteiger partial charge in [0.2, 0.25) is 5.91 Å². The highest BCUT2D eigenvalue weighted by molar-refractivity contribution is 5.76. The van der Waals surface area contributed by atoms with Crippen molar-refractivity contribution in [3.8, 4) is 0 Å². The summed E-state index contributed by atoms with van der Waals surface area (Å²) in [4.78, 5) is 25.2. The van der Waals surface area contributed by atoms with Gasteiger partial charge in [-0.2, -0.15) is 10.2 Å². The van der Waals surface area contributed by atoms with Crippen LogP contribution in [0.1, 0.15) is 62.8 Å². The summed E-state index contributed by atoms with van der Waals surface area (Å²) >= 11 is 0. The Labute approximate surface area is 172 Å². The summed E-state index contributed by atoms with van der Waals surface area (Å²) in [6.45, 7) is 11.9. The first kappa shape index (κ1) is 21.3. The van der Waals surface area contributed by atoms with Gasteiger partial charge in [-0.15, -0.1) is 0 Å².